The summed E-state index contributed by atoms with van der Waals surface area (Å²) in [5.74, 6) is 0. The molecule has 5 aromatic rings. The van der Waals surface area contributed by atoms with Crippen molar-refractivity contribution in [1.29, 1.82) is 0 Å². The van der Waals surface area contributed by atoms with E-state index in [0.717, 1.165) is 0 Å². The van der Waals surface area contributed by atoms with E-state index in [4.69, 9.17) is 0 Å². The Kier molecular flexibility index (Phi) is 5.55. The number of rotatable bonds is 5. The minimum absolute atomic E-state index is 1.17. The highest BCUT2D eigenvalue weighted by molar-refractivity contribution is 6.02. The van der Waals surface area contributed by atoms with E-state index < -0.39 is 0 Å². The Morgan fingerprint density at radius 3 is 1.91 bits per heavy atom. The van der Waals surface area contributed by atoms with Crippen LogP contribution in [0.15, 0.2) is 127 Å². The third kappa shape index (κ3) is 4.06. The molecular formula is C31H25N. The van der Waals surface area contributed by atoms with Crippen LogP contribution < -0.4 is 4.90 Å². The zero-order valence-corrected chi connectivity index (χ0v) is 18.1. The third-order valence-electron chi connectivity index (χ3n) is 5.90. The van der Waals surface area contributed by atoms with Crippen LogP contribution in [0.2, 0.25) is 0 Å². The molecule has 0 unspecified atom stereocenters. The molecule has 0 N–H and O–H groups in total. The summed E-state index contributed by atoms with van der Waals surface area (Å²) in [6, 6.07) is 45.0. The summed E-state index contributed by atoms with van der Waals surface area (Å²) in [5.41, 5.74) is 7.22. The lowest BCUT2D eigenvalue weighted by molar-refractivity contribution is 1.21. The summed E-state index contributed by atoms with van der Waals surface area (Å²) < 4.78 is 0. The first-order valence-electron chi connectivity index (χ1n) is 10.9. The molecule has 0 aromatic heterocycles. The van der Waals surface area contributed by atoms with Crippen LogP contribution in [-0.4, -0.2) is 7.05 Å². The van der Waals surface area contributed by atoms with Gasteiger partial charge in [-0.2, -0.15) is 0 Å². The smallest absolute Gasteiger partial charge is 0.0408 e. The number of anilines is 2. The van der Waals surface area contributed by atoms with Crippen molar-refractivity contribution in [2.45, 2.75) is 0 Å². The Balaban J connectivity index is 1.57. The first-order valence-corrected chi connectivity index (χ1v) is 10.9. The first-order chi connectivity index (χ1) is 15.8. The van der Waals surface area contributed by atoms with Crippen LogP contribution in [0.1, 0.15) is 16.7 Å². The van der Waals surface area contributed by atoms with Crippen LogP contribution in [0.4, 0.5) is 11.4 Å². The van der Waals surface area contributed by atoms with Gasteiger partial charge in [0.1, 0.15) is 0 Å². The van der Waals surface area contributed by atoms with Gasteiger partial charge in [0, 0.05) is 18.4 Å². The zero-order chi connectivity index (χ0) is 21.8. The van der Waals surface area contributed by atoms with Crippen molar-refractivity contribution in [3.63, 3.8) is 0 Å². The molecule has 0 heterocycles. The van der Waals surface area contributed by atoms with Gasteiger partial charge in [-0.25, -0.2) is 0 Å². The summed E-state index contributed by atoms with van der Waals surface area (Å²) in [5, 5.41) is 2.53. The van der Waals surface area contributed by atoms with E-state index in [-0.39, 0.29) is 0 Å². The molecule has 5 aromatic carbocycles. The van der Waals surface area contributed by atoms with Gasteiger partial charge in [-0.3, -0.25) is 0 Å². The fourth-order valence-corrected chi connectivity index (χ4v) is 4.16. The predicted octanol–water partition coefficient (Wildman–Crippen LogP) is 8.20. The highest BCUT2D eigenvalue weighted by atomic mass is 15.1. The number of nitrogens with zero attached hydrogens (tertiary/aromatic N) is 1. The van der Waals surface area contributed by atoms with Crippen LogP contribution >= 0.6 is 0 Å². The van der Waals surface area contributed by atoms with Gasteiger partial charge in [-0.1, -0.05) is 103 Å². The Hall–Kier alpha value is -4.10. The van der Waals surface area contributed by atoms with Gasteiger partial charge in [0.05, 0.1) is 0 Å². The predicted molar refractivity (Wildman–Crippen MR) is 138 cm³/mol. The van der Waals surface area contributed by atoms with Crippen molar-refractivity contribution >= 4 is 33.8 Å². The molecule has 0 spiro atoms. The van der Waals surface area contributed by atoms with Crippen LogP contribution in [0.25, 0.3) is 22.4 Å². The topological polar surface area (TPSA) is 3.24 Å². The second-order valence-corrected chi connectivity index (χ2v) is 7.94. The molecule has 0 radical (unpaired) electrons. The largest absolute Gasteiger partial charge is 0.345 e. The van der Waals surface area contributed by atoms with Gasteiger partial charge >= 0.3 is 0 Å². The third-order valence-corrected chi connectivity index (χ3v) is 5.90. The van der Waals surface area contributed by atoms with Gasteiger partial charge in [0.2, 0.25) is 0 Å². The van der Waals surface area contributed by atoms with Gasteiger partial charge in [-0.05, 0) is 63.4 Å². The van der Waals surface area contributed by atoms with Gasteiger partial charge in [0.25, 0.3) is 0 Å². The number of benzene rings is 5. The summed E-state index contributed by atoms with van der Waals surface area (Å²) in [6.07, 6.45) is 2.30. The van der Waals surface area contributed by atoms with Crippen molar-refractivity contribution < 1.29 is 0 Å². The SMILES string of the molecule is CN(c1ccccc1)c1ccc(C=C(c2ccccc2)c2cccc3ccccc23)cc1. The molecule has 1 heteroatoms. The van der Waals surface area contributed by atoms with E-state index in [1.807, 2.05) is 6.07 Å². The van der Waals surface area contributed by atoms with Crippen LogP contribution in [0.5, 0.6) is 0 Å². The molecule has 5 rings (SSSR count). The molecule has 0 aliphatic heterocycles. The van der Waals surface area contributed by atoms with E-state index in [1.54, 1.807) is 0 Å². The number of fused-ring (bicyclic) bond motifs is 1. The molecule has 0 saturated heterocycles. The standard InChI is InChI=1S/C31H25N/c1-32(27-15-6-3-7-16-27)28-21-19-24(20-22-28)23-31(26-11-4-2-5-12-26)30-18-10-14-25-13-8-9-17-29(25)30/h2-23H,1H3. The minimum Gasteiger partial charge on any atom is -0.345 e. The Morgan fingerprint density at radius 2 is 1.16 bits per heavy atom. The molecule has 32 heavy (non-hydrogen) atoms. The van der Waals surface area contributed by atoms with E-state index in [2.05, 4.69) is 139 Å². The van der Waals surface area contributed by atoms with Gasteiger partial charge in [0.15, 0.2) is 0 Å². The van der Waals surface area contributed by atoms with Crippen LogP contribution in [-0.2, 0) is 0 Å². The molecular weight excluding hydrogens is 386 g/mol. The van der Waals surface area contributed by atoms with Gasteiger partial charge in [-0.15, -0.1) is 0 Å². The molecule has 0 bridgehead atoms. The minimum atomic E-state index is 1.17. The van der Waals surface area contributed by atoms with E-state index in [1.165, 1.54) is 44.4 Å². The highest BCUT2D eigenvalue weighted by Crippen LogP contribution is 2.32. The maximum atomic E-state index is 2.30. The Bertz CT molecular complexity index is 1350. The zero-order valence-electron chi connectivity index (χ0n) is 18.1. The van der Waals surface area contributed by atoms with Crippen molar-refractivity contribution in [1.82, 2.24) is 0 Å². The molecule has 0 aliphatic carbocycles. The molecule has 154 valence electrons. The summed E-state index contributed by atoms with van der Waals surface area (Å²) in [7, 11) is 2.10. The van der Waals surface area contributed by atoms with Crippen molar-refractivity contribution in [3.05, 3.63) is 144 Å². The van der Waals surface area contributed by atoms with E-state index in [9.17, 15) is 0 Å². The Labute approximate surface area is 189 Å². The fourth-order valence-electron chi connectivity index (χ4n) is 4.16. The lowest BCUT2D eigenvalue weighted by Crippen LogP contribution is -2.08. The number of para-hydroxylation sites is 1. The number of hydrogen-bond donors (Lipinski definition) is 0. The summed E-state index contributed by atoms with van der Waals surface area (Å²) in [6.45, 7) is 0. The van der Waals surface area contributed by atoms with Gasteiger partial charge < -0.3 is 4.90 Å². The molecule has 0 saturated carbocycles. The normalized spacial score (nSPS) is 11.5. The van der Waals surface area contributed by atoms with Crippen molar-refractivity contribution in [2.24, 2.45) is 0 Å². The maximum Gasteiger partial charge on any atom is 0.0408 e. The molecule has 0 aliphatic rings. The average Bonchev–Trinajstić information content (AvgIpc) is 2.88. The van der Waals surface area contributed by atoms with Crippen LogP contribution in [0.3, 0.4) is 0 Å². The lowest BCUT2D eigenvalue weighted by atomic mass is 9.92. The highest BCUT2D eigenvalue weighted by Gasteiger charge is 2.10. The molecule has 0 fully saturated rings. The van der Waals surface area contributed by atoms with Crippen molar-refractivity contribution in [3.8, 4) is 0 Å². The lowest BCUT2D eigenvalue weighted by Gasteiger charge is -2.19. The Morgan fingerprint density at radius 1 is 0.562 bits per heavy atom. The quantitative estimate of drug-likeness (QED) is 0.263. The first kappa shape index (κ1) is 19.8. The molecule has 0 amide bonds. The number of hydrogen-bond acceptors (Lipinski definition) is 1. The summed E-state index contributed by atoms with van der Waals surface area (Å²) in [4.78, 5) is 2.20. The fraction of sp³-hybridized carbons (Fsp3) is 0.0323. The molecule has 0 atom stereocenters. The van der Waals surface area contributed by atoms with E-state index in [0.29, 0.717) is 0 Å². The second kappa shape index (κ2) is 8.95. The summed E-state index contributed by atoms with van der Waals surface area (Å²) >= 11 is 0. The monoisotopic (exact) mass is 411 g/mol. The van der Waals surface area contributed by atoms with Crippen LogP contribution in [0, 0.1) is 0 Å². The van der Waals surface area contributed by atoms with E-state index >= 15 is 0 Å². The molecule has 1 nitrogen and oxygen atoms in total. The second-order valence-electron chi connectivity index (χ2n) is 7.94. The maximum absolute atomic E-state index is 2.30. The average molecular weight is 412 g/mol. The van der Waals surface area contributed by atoms with Crippen molar-refractivity contribution in [2.75, 3.05) is 11.9 Å².